The van der Waals surface area contributed by atoms with Crippen molar-refractivity contribution in [3.8, 4) is 0 Å². The Hall–Kier alpha value is -1.39. The topological polar surface area (TPSA) is 47.6 Å². The van der Waals surface area contributed by atoms with Gasteiger partial charge >= 0.3 is 0 Å². The number of hydrogen-bond acceptors (Lipinski definition) is 3. The molecule has 1 aromatic rings. The summed E-state index contributed by atoms with van der Waals surface area (Å²) < 4.78 is 11.2. The van der Waals surface area contributed by atoms with Gasteiger partial charge in [0.25, 0.3) is 0 Å². The van der Waals surface area contributed by atoms with E-state index in [0.717, 1.165) is 25.9 Å². The highest BCUT2D eigenvalue weighted by Crippen LogP contribution is 2.31. The van der Waals surface area contributed by atoms with E-state index in [0.29, 0.717) is 13.2 Å². The van der Waals surface area contributed by atoms with Gasteiger partial charge in [0, 0.05) is 25.7 Å². The predicted molar refractivity (Wildman–Crippen MR) is 75.5 cm³/mol. The molecule has 3 atom stereocenters. The monoisotopic (exact) mass is 275 g/mol. The Bertz CT molecular complexity index is 442. The molecule has 3 rings (SSSR count). The average molecular weight is 275 g/mol. The summed E-state index contributed by atoms with van der Waals surface area (Å²) in [6.45, 7) is 2.06. The van der Waals surface area contributed by atoms with Crippen molar-refractivity contribution in [2.24, 2.45) is 0 Å². The lowest BCUT2D eigenvalue weighted by atomic mass is 9.92. The van der Waals surface area contributed by atoms with Gasteiger partial charge in [-0.2, -0.15) is 0 Å². The average Bonchev–Trinajstić information content (AvgIpc) is 3.17. The zero-order valence-electron chi connectivity index (χ0n) is 11.6. The summed E-state index contributed by atoms with van der Waals surface area (Å²) in [6.07, 6.45) is 2.85. The van der Waals surface area contributed by atoms with E-state index in [-0.39, 0.29) is 24.0 Å². The first-order valence-corrected chi connectivity index (χ1v) is 7.40. The second-order valence-electron chi connectivity index (χ2n) is 5.48. The van der Waals surface area contributed by atoms with Crippen LogP contribution in [-0.4, -0.2) is 37.9 Å². The number of carbonyl (C=O) groups is 1. The molecule has 0 bridgehead atoms. The predicted octanol–water partition coefficient (Wildman–Crippen LogP) is 1.85. The molecule has 20 heavy (non-hydrogen) atoms. The summed E-state index contributed by atoms with van der Waals surface area (Å²) in [5.41, 5.74) is 1.18. The number of ether oxygens (including phenoxy) is 2. The number of rotatable bonds is 4. The zero-order valence-corrected chi connectivity index (χ0v) is 11.6. The fourth-order valence-corrected chi connectivity index (χ4v) is 3.01. The van der Waals surface area contributed by atoms with Gasteiger partial charge in [-0.15, -0.1) is 0 Å². The van der Waals surface area contributed by atoms with Crippen LogP contribution in [0.2, 0.25) is 0 Å². The number of hydrogen-bond donors (Lipinski definition) is 1. The first kappa shape index (κ1) is 13.6. The Morgan fingerprint density at radius 2 is 2.00 bits per heavy atom. The lowest BCUT2D eigenvalue weighted by molar-refractivity contribution is -0.131. The van der Waals surface area contributed by atoms with Gasteiger partial charge < -0.3 is 14.8 Å². The molecule has 0 aliphatic carbocycles. The van der Waals surface area contributed by atoms with E-state index in [4.69, 9.17) is 9.47 Å². The van der Waals surface area contributed by atoms with Crippen LogP contribution in [0.3, 0.4) is 0 Å². The van der Waals surface area contributed by atoms with Crippen LogP contribution in [0.15, 0.2) is 30.3 Å². The Balaban J connectivity index is 1.58. The highest BCUT2D eigenvalue weighted by atomic mass is 16.5. The molecule has 0 radical (unpaired) electrons. The molecule has 108 valence electrons. The lowest BCUT2D eigenvalue weighted by Crippen LogP contribution is -2.40. The van der Waals surface area contributed by atoms with Crippen LogP contribution in [-0.2, 0) is 14.3 Å². The maximum atomic E-state index is 12.3. The normalized spacial score (nSPS) is 29.5. The van der Waals surface area contributed by atoms with Gasteiger partial charge in [0.1, 0.15) is 6.10 Å². The first-order chi connectivity index (χ1) is 9.84. The first-order valence-electron chi connectivity index (χ1n) is 7.40. The van der Waals surface area contributed by atoms with Crippen LogP contribution in [0, 0.1) is 0 Å². The van der Waals surface area contributed by atoms with Crippen molar-refractivity contribution in [3.63, 3.8) is 0 Å². The van der Waals surface area contributed by atoms with Gasteiger partial charge in [-0.05, 0) is 24.8 Å². The second-order valence-corrected chi connectivity index (χ2v) is 5.48. The van der Waals surface area contributed by atoms with Crippen LogP contribution in [0.1, 0.15) is 30.7 Å². The standard InChI is InChI=1S/C16H21NO3/c18-16(17-11-13-7-4-9-19-13)15-14(8-10-20-15)12-5-2-1-3-6-12/h1-3,5-6,13-15H,4,7-11H2,(H,17,18)/t13-,14+,15+/m1/s1. The summed E-state index contributed by atoms with van der Waals surface area (Å²) in [4.78, 5) is 12.3. The fraction of sp³-hybridized carbons (Fsp3) is 0.562. The van der Waals surface area contributed by atoms with E-state index in [1.54, 1.807) is 0 Å². The molecule has 4 heteroatoms. The molecule has 2 aliphatic heterocycles. The van der Waals surface area contributed by atoms with E-state index in [1.165, 1.54) is 5.56 Å². The number of benzene rings is 1. The number of amides is 1. The summed E-state index contributed by atoms with van der Waals surface area (Å²) in [5, 5.41) is 2.98. The second kappa shape index (κ2) is 6.37. The summed E-state index contributed by atoms with van der Waals surface area (Å²) in [7, 11) is 0. The molecule has 0 aromatic heterocycles. The molecule has 0 spiro atoms. The fourth-order valence-electron chi connectivity index (χ4n) is 3.01. The third-order valence-electron chi connectivity index (χ3n) is 4.11. The van der Waals surface area contributed by atoms with E-state index < -0.39 is 0 Å². The Labute approximate surface area is 119 Å². The third-order valence-corrected chi connectivity index (χ3v) is 4.11. The largest absolute Gasteiger partial charge is 0.376 e. The van der Waals surface area contributed by atoms with E-state index >= 15 is 0 Å². The third kappa shape index (κ3) is 3.02. The minimum atomic E-state index is -0.362. The molecule has 0 saturated carbocycles. The Morgan fingerprint density at radius 3 is 2.75 bits per heavy atom. The minimum Gasteiger partial charge on any atom is -0.376 e. The molecule has 1 amide bonds. The molecule has 1 N–H and O–H groups in total. The molecule has 2 aliphatic rings. The zero-order chi connectivity index (χ0) is 13.8. The summed E-state index contributed by atoms with van der Waals surface area (Å²) >= 11 is 0. The molecule has 2 fully saturated rings. The van der Waals surface area contributed by atoms with E-state index in [9.17, 15) is 4.79 Å². The SMILES string of the molecule is O=C(NC[C@H]1CCCO1)[C@H]1OCC[C@H]1c1ccccc1. The van der Waals surface area contributed by atoms with Crippen LogP contribution in [0.5, 0.6) is 0 Å². The maximum Gasteiger partial charge on any atom is 0.249 e. The van der Waals surface area contributed by atoms with Gasteiger partial charge in [-0.25, -0.2) is 0 Å². The van der Waals surface area contributed by atoms with Crippen molar-refractivity contribution in [1.82, 2.24) is 5.32 Å². The Morgan fingerprint density at radius 1 is 1.15 bits per heavy atom. The van der Waals surface area contributed by atoms with E-state index in [2.05, 4.69) is 17.4 Å². The van der Waals surface area contributed by atoms with Gasteiger partial charge in [0.15, 0.2) is 0 Å². The molecular formula is C16H21NO3. The van der Waals surface area contributed by atoms with Crippen molar-refractivity contribution in [2.75, 3.05) is 19.8 Å². The minimum absolute atomic E-state index is 0.00754. The molecular weight excluding hydrogens is 254 g/mol. The number of carbonyl (C=O) groups excluding carboxylic acids is 1. The van der Waals surface area contributed by atoms with E-state index in [1.807, 2.05) is 18.2 Å². The van der Waals surface area contributed by atoms with Crippen molar-refractivity contribution in [3.05, 3.63) is 35.9 Å². The van der Waals surface area contributed by atoms with Crippen molar-refractivity contribution in [1.29, 1.82) is 0 Å². The summed E-state index contributed by atoms with van der Waals surface area (Å²) in [5.74, 6) is 0.160. The van der Waals surface area contributed by atoms with Crippen LogP contribution < -0.4 is 5.32 Å². The lowest BCUT2D eigenvalue weighted by Gasteiger charge is -2.19. The van der Waals surface area contributed by atoms with Gasteiger partial charge in [-0.3, -0.25) is 4.79 Å². The highest BCUT2D eigenvalue weighted by Gasteiger charge is 2.35. The molecule has 2 saturated heterocycles. The molecule has 2 heterocycles. The molecule has 4 nitrogen and oxygen atoms in total. The molecule has 1 aromatic carbocycles. The van der Waals surface area contributed by atoms with Gasteiger partial charge in [0.05, 0.1) is 6.10 Å². The number of nitrogens with one attached hydrogen (secondary N) is 1. The van der Waals surface area contributed by atoms with Crippen LogP contribution in [0.25, 0.3) is 0 Å². The highest BCUT2D eigenvalue weighted by molar-refractivity contribution is 5.82. The Kier molecular flexibility index (Phi) is 4.33. The van der Waals surface area contributed by atoms with Gasteiger partial charge in [0.2, 0.25) is 5.91 Å². The van der Waals surface area contributed by atoms with Gasteiger partial charge in [-0.1, -0.05) is 30.3 Å². The summed E-state index contributed by atoms with van der Waals surface area (Å²) in [6, 6.07) is 10.1. The van der Waals surface area contributed by atoms with Crippen molar-refractivity contribution >= 4 is 5.91 Å². The van der Waals surface area contributed by atoms with Crippen LogP contribution in [0.4, 0.5) is 0 Å². The maximum absolute atomic E-state index is 12.3. The smallest absolute Gasteiger partial charge is 0.249 e. The van der Waals surface area contributed by atoms with Crippen molar-refractivity contribution < 1.29 is 14.3 Å². The van der Waals surface area contributed by atoms with Crippen LogP contribution >= 0.6 is 0 Å². The quantitative estimate of drug-likeness (QED) is 0.912. The molecule has 0 unspecified atom stereocenters. The van der Waals surface area contributed by atoms with Crippen molar-refractivity contribution in [2.45, 2.75) is 37.4 Å².